The van der Waals surface area contributed by atoms with Crippen molar-refractivity contribution in [3.05, 3.63) is 48.0 Å². The van der Waals surface area contributed by atoms with Gasteiger partial charge in [-0.2, -0.15) is 0 Å². The van der Waals surface area contributed by atoms with Crippen LogP contribution >= 0.6 is 0 Å². The van der Waals surface area contributed by atoms with Gasteiger partial charge in [-0.25, -0.2) is 4.79 Å². The van der Waals surface area contributed by atoms with E-state index in [9.17, 15) is 14.4 Å². The van der Waals surface area contributed by atoms with E-state index in [1.54, 1.807) is 54.5 Å². The van der Waals surface area contributed by atoms with Crippen LogP contribution in [0.2, 0.25) is 0 Å². The molecule has 4 rings (SSSR count). The zero-order chi connectivity index (χ0) is 27.4. The lowest BCUT2D eigenvalue weighted by molar-refractivity contribution is -0.122. The number of rotatable bonds is 8. The molecule has 1 saturated carbocycles. The summed E-state index contributed by atoms with van der Waals surface area (Å²) in [5.74, 6) is 0.837. The summed E-state index contributed by atoms with van der Waals surface area (Å²) in [6.45, 7) is 6.74. The highest BCUT2D eigenvalue weighted by molar-refractivity contribution is 6.06. The van der Waals surface area contributed by atoms with Gasteiger partial charge >= 0.3 is 5.97 Å². The van der Waals surface area contributed by atoms with E-state index in [-0.39, 0.29) is 30.9 Å². The maximum Gasteiger partial charge on any atom is 0.340 e. The van der Waals surface area contributed by atoms with Crippen LogP contribution in [0.4, 0.5) is 11.4 Å². The molecule has 2 fully saturated rings. The van der Waals surface area contributed by atoms with E-state index in [1.165, 1.54) is 7.11 Å². The quantitative estimate of drug-likeness (QED) is 0.472. The van der Waals surface area contributed by atoms with Gasteiger partial charge in [-0.05, 0) is 54.9 Å². The third kappa shape index (κ3) is 5.95. The molecule has 2 aromatic carbocycles. The first-order valence-electron chi connectivity index (χ1n) is 13.3. The van der Waals surface area contributed by atoms with E-state index in [0.717, 1.165) is 19.3 Å². The minimum absolute atomic E-state index is 0.0592. The molecule has 2 aromatic rings. The number of nitrogens with one attached hydrogen (secondary N) is 1. The SMILES string of the molecule is COc1ccc(N2CC(C(=O)Nc3ccccc3C(=O)OC3CC(C)CCC3C(C)C)CC2=O)c(OC)c1. The maximum atomic E-state index is 13.3. The molecule has 8 nitrogen and oxygen atoms in total. The summed E-state index contributed by atoms with van der Waals surface area (Å²) in [6.07, 6.45) is 2.95. The fraction of sp³-hybridized carbons (Fsp3) is 0.500. The number of esters is 1. The number of benzene rings is 2. The Kier molecular flexibility index (Phi) is 8.59. The summed E-state index contributed by atoms with van der Waals surface area (Å²) >= 11 is 0. The molecular formula is C30H38N2O6. The van der Waals surface area contributed by atoms with Crippen molar-refractivity contribution in [2.24, 2.45) is 23.7 Å². The van der Waals surface area contributed by atoms with Crippen LogP contribution in [0, 0.1) is 23.7 Å². The molecule has 1 aliphatic carbocycles. The van der Waals surface area contributed by atoms with Crippen LogP contribution in [0.15, 0.2) is 42.5 Å². The average Bonchev–Trinajstić information content (AvgIpc) is 3.29. The third-order valence-corrected chi connectivity index (χ3v) is 7.80. The fourth-order valence-corrected chi connectivity index (χ4v) is 5.58. The van der Waals surface area contributed by atoms with Crippen LogP contribution in [0.1, 0.15) is 56.8 Å². The molecule has 1 saturated heterocycles. The van der Waals surface area contributed by atoms with E-state index in [4.69, 9.17) is 14.2 Å². The number of nitrogens with zero attached hydrogens (tertiary/aromatic N) is 1. The second kappa shape index (κ2) is 11.9. The van der Waals surface area contributed by atoms with E-state index >= 15 is 0 Å². The van der Waals surface area contributed by atoms with Gasteiger partial charge in [-0.1, -0.05) is 39.3 Å². The molecule has 8 heteroatoms. The summed E-state index contributed by atoms with van der Waals surface area (Å²) in [4.78, 5) is 40.9. The summed E-state index contributed by atoms with van der Waals surface area (Å²) < 4.78 is 16.7. The lowest BCUT2D eigenvalue weighted by Gasteiger charge is -2.36. The standard InChI is InChI=1S/C30H38N2O6/c1-18(2)22-12-10-19(3)14-26(22)38-30(35)23-8-6-7-9-24(23)31-29(34)20-15-28(33)32(17-20)25-13-11-21(36-4)16-27(25)37-5/h6-9,11,13,16,18-20,22,26H,10,12,14-15,17H2,1-5H3,(H,31,34). The predicted octanol–water partition coefficient (Wildman–Crippen LogP) is 5.31. The molecule has 4 unspecified atom stereocenters. The Balaban J connectivity index is 1.46. The van der Waals surface area contributed by atoms with Gasteiger partial charge in [0.1, 0.15) is 17.6 Å². The molecule has 1 N–H and O–H groups in total. The fourth-order valence-electron chi connectivity index (χ4n) is 5.58. The van der Waals surface area contributed by atoms with Gasteiger partial charge in [0.05, 0.1) is 37.1 Å². The summed E-state index contributed by atoms with van der Waals surface area (Å²) in [5, 5.41) is 2.88. The molecule has 204 valence electrons. The summed E-state index contributed by atoms with van der Waals surface area (Å²) in [7, 11) is 3.08. The van der Waals surface area contributed by atoms with Gasteiger partial charge in [0.15, 0.2) is 0 Å². The second-order valence-electron chi connectivity index (χ2n) is 10.7. The maximum absolute atomic E-state index is 13.3. The van der Waals surface area contributed by atoms with Crippen LogP contribution in [-0.4, -0.2) is 44.7 Å². The summed E-state index contributed by atoms with van der Waals surface area (Å²) in [6, 6.07) is 12.1. The molecule has 2 aliphatic rings. The molecule has 2 amide bonds. The molecule has 0 radical (unpaired) electrons. The smallest absolute Gasteiger partial charge is 0.340 e. The first-order chi connectivity index (χ1) is 18.2. The van der Waals surface area contributed by atoms with E-state index in [1.807, 2.05) is 0 Å². The molecule has 1 heterocycles. The number of carbonyl (C=O) groups excluding carboxylic acids is 3. The predicted molar refractivity (Wildman–Crippen MR) is 146 cm³/mol. The van der Waals surface area contributed by atoms with Gasteiger partial charge in [0, 0.05) is 19.0 Å². The minimum Gasteiger partial charge on any atom is -0.497 e. The number of para-hydroxylation sites is 1. The van der Waals surface area contributed by atoms with Gasteiger partial charge in [-0.15, -0.1) is 0 Å². The monoisotopic (exact) mass is 522 g/mol. The van der Waals surface area contributed by atoms with Crippen molar-refractivity contribution in [1.82, 2.24) is 0 Å². The zero-order valence-corrected chi connectivity index (χ0v) is 22.9. The molecule has 38 heavy (non-hydrogen) atoms. The Labute approximate surface area is 224 Å². The molecule has 4 atom stereocenters. The number of methoxy groups -OCH3 is 2. The third-order valence-electron chi connectivity index (χ3n) is 7.80. The molecule has 0 bridgehead atoms. The van der Waals surface area contributed by atoms with Gasteiger partial charge < -0.3 is 24.4 Å². The number of hydrogen-bond donors (Lipinski definition) is 1. The lowest BCUT2D eigenvalue weighted by Crippen LogP contribution is -2.36. The molecular weight excluding hydrogens is 484 g/mol. The van der Waals surface area contributed by atoms with E-state index in [0.29, 0.717) is 46.2 Å². The Morgan fingerprint density at radius 3 is 2.53 bits per heavy atom. The lowest BCUT2D eigenvalue weighted by atomic mass is 9.75. The number of hydrogen-bond acceptors (Lipinski definition) is 6. The Bertz CT molecular complexity index is 1180. The van der Waals surface area contributed by atoms with Gasteiger partial charge in [-0.3, -0.25) is 9.59 Å². The van der Waals surface area contributed by atoms with Crippen LogP contribution in [0.3, 0.4) is 0 Å². The van der Waals surface area contributed by atoms with Crippen molar-refractivity contribution in [1.29, 1.82) is 0 Å². The number of anilines is 2. The first-order valence-corrected chi connectivity index (χ1v) is 13.3. The topological polar surface area (TPSA) is 94.2 Å². The van der Waals surface area contributed by atoms with Crippen LogP contribution < -0.4 is 19.7 Å². The Morgan fingerprint density at radius 2 is 1.82 bits per heavy atom. The van der Waals surface area contributed by atoms with E-state index in [2.05, 4.69) is 26.1 Å². The van der Waals surface area contributed by atoms with Gasteiger partial charge in [0.2, 0.25) is 11.8 Å². The van der Waals surface area contributed by atoms with Gasteiger partial charge in [0.25, 0.3) is 0 Å². The summed E-state index contributed by atoms with van der Waals surface area (Å²) in [5.41, 5.74) is 1.29. The van der Waals surface area contributed by atoms with Crippen molar-refractivity contribution >= 4 is 29.2 Å². The normalized spacial score (nSPS) is 23.3. The highest BCUT2D eigenvalue weighted by Crippen LogP contribution is 2.37. The number of amides is 2. The van der Waals surface area contributed by atoms with Crippen molar-refractivity contribution in [3.63, 3.8) is 0 Å². The van der Waals surface area contributed by atoms with Crippen LogP contribution in [0.5, 0.6) is 11.5 Å². The average molecular weight is 523 g/mol. The van der Waals surface area contributed by atoms with Crippen molar-refractivity contribution in [3.8, 4) is 11.5 Å². The zero-order valence-electron chi connectivity index (χ0n) is 22.9. The van der Waals surface area contributed by atoms with Crippen molar-refractivity contribution in [2.45, 2.75) is 52.6 Å². The number of ether oxygens (including phenoxy) is 3. The first kappa shape index (κ1) is 27.5. The Morgan fingerprint density at radius 1 is 1.05 bits per heavy atom. The molecule has 1 aliphatic heterocycles. The highest BCUT2D eigenvalue weighted by Gasteiger charge is 2.37. The Hall–Kier alpha value is -3.55. The highest BCUT2D eigenvalue weighted by atomic mass is 16.5. The largest absolute Gasteiger partial charge is 0.497 e. The molecule has 0 aromatic heterocycles. The molecule has 0 spiro atoms. The second-order valence-corrected chi connectivity index (χ2v) is 10.7. The minimum atomic E-state index is -0.581. The van der Waals surface area contributed by atoms with E-state index < -0.39 is 11.9 Å². The number of carbonyl (C=O) groups is 3. The van der Waals surface area contributed by atoms with Crippen molar-refractivity contribution in [2.75, 3.05) is 31.0 Å². The van der Waals surface area contributed by atoms with Crippen LogP contribution in [0.25, 0.3) is 0 Å². The van der Waals surface area contributed by atoms with Crippen LogP contribution in [-0.2, 0) is 14.3 Å². The van der Waals surface area contributed by atoms with Crippen molar-refractivity contribution < 1.29 is 28.6 Å².